The van der Waals surface area contributed by atoms with Crippen molar-refractivity contribution in [3.63, 3.8) is 0 Å². The first-order valence-electron chi connectivity index (χ1n) is 9.91. The van der Waals surface area contributed by atoms with Gasteiger partial charge in [0.15, 0.2) is 5.65 Å². The van der Waals surface area contributed by atoms with Gasteiger partial charge in [-0.3, -0.25) is 0 Å². The number of aromatic nitrogens is 3. The van der Waals surface area contributed by atoms with Crippen molar-refractivity contribution in [2.75, 3.05) is 26.2 Å². The van der Waals surface area contributed by atoms with Crippen LogP contribution in [0.15, 0.2) is 36.5 Å². The van der Waals surface area contributed by atoms with Crippen LogP contribution in [0.2, 0.25) is 0 Å². The van der Waals surface area contributed by atoms with Crippen LogP contribution < -0.4 is 5.32 Å². The van der Waals surface area contributed by atoms with E-state index in [2.05, 4.69) is 64.5 Å². The van der Waals surface area contributed by atoms with Crippen molar-refractivity contribution in [1.82, 2.24) is 24.8 Å². The molecule has 4 rings (SSSR count). The number of hydrogen-bond donors (Lipinski definition) is 1. The zero-order valence-electron chi connectivity index (χ0n) is 16.6. The van der Waals surface area contributed by atoms with E-state index in [9.17, 15) is 0 Å². The molecule has 1 aromatic carbocycles. The summed E-state index contributed by atoms with van der Waals surface area (Å²) in [6.07, 6.45) is 3.20. The number of nitrogens with one attached hydrogen (secondary N) is 1. The molecule has 3 heterocycles. The van der Waals surface area contributed by atoms with Crippen molar-refractivity contribution in [3.05, 3.63) is 64.6 Å². The lowest BCUT2D eigenvalue weighted by molar-refractivity contribution is 0.331. The van der Waals surface area contributed by atoms with Gasteiger partial charge in [-0.15, -0.1) is 0 Å². The van der Waals surface area contributed by atoms with Gasteiger partial charge in [0.05, 0.1) is 6.20 Å². The minimum Gasteiger partial charge on any atom is -0.311 e. The average Bonchev–Trinajstić information content (AvgIpc) is 3.26. The maximum Gasteiger partial charge on any atom is 0.159 e. The SMILES string of the molecule is Cc1cc(C)n2ncc(CNCCN3CCC(c4ccccc4C)C3)c2n1. The third-order valence-corrected chi connectivity index (χ3v) is 5.67. The van der Waals surface area contributed by atoms with Crippen LogP contribution >= 0.6 is 0 Å². The standard InChI is InChI=1S/C22H29N5/c1-16-6-4-5-7-21(16)19-8-10-26(15-19)11-9-23-13-20-14-24-27-18(3)12-17(2)25-22(20)27/h4-7,12,14,19,23H,8-11,13,15H2,1-3H3. The molecule has 5 nitrogen and oxygen atoms in total. The molecule has 142 valence electrons. The number of likely N-dealkylation sites (tertiary alicyclic amines) is 1. The number of fused-ring (bicyclic) bond motifs is 1. The van der Waals surface area contributed by atoms with Gasteiger partial charge in [-0.25, -0.2) is 9.50 Å². The first-order valence-corrected chi connectivity index (χ1v) is 9.91. The fourth-order valence-electron chi connectivity index (χ4n) is 4.24. The molecule has 0 spiro atoms. The van der Waals surface area contributed by atoms with E-state index in [1.807, 2.05) is 17.6 Å². The van der Waals surface area contributed by atoms with Crippen LogP contribution in [0, 0.1) is 20.8 Å². The molecule has 0 saturated carbocycles. The van der Waals surface area contributed by atoms with E-state index < -0.39 is 0 Å². The number of hydrogen-bond acceptors (Lipinski definition) is 4. The lowest BCUT2D eigenvalue weighted by Crippen LogP contribution is -2.30. The third kappa shape index (κ3) is 3.89. The Balaban J connectivity index is 1.28. The smallest absolute Gasteiger partial charge is 0.159 e. The topological polar surface area (TPSA) is 45.5 Å². The summed E-state index contributed by atoms with van der Waals surface area (Å²) in [6.45, 7) is 11.6. The largest absolute Gasteiger partial charge is 0.311 e. The van der Waals surface area contributed by atoms with Gasteiger partial charge in [0, 0.05) is 43.1 Å². The third-order valence-electron chi connectivity index (χ3n) is 5.67. The fourth-order valence-corrected chi connectivity index (χ4v) is 4.24. The highest BCUT2D eigenvalue weighted by Gasteiger charge is 2.24. The van der Waals surface area contributed by atoms with Crippen molar-refractivity contribution < 1.29 is 0 Å². The van der Waals surface area contributed by atoms with Crippen LogP contribution in [0.5, 0.6) is 0 Å². The summed E-state index contributed by atoms with van der Waals surface area (Å²) in [6, 6.07) is 10.9. The summed E-state index contributed by atoms with van der Waals surface area (Å²) in [5, 5.41) is 8.05. The molecule has 1 aliphatic heterocycles. The second-order valence-electron chi connectivity index (χ2n) is 7.76. The van der Waals surface area contributed by atoms with Crippen molar-refractivity contribution in [1.29, 1.82) is 0 Å². The van der Waals surface area contributed by atoms with Crippen molar-refractivity contribution in [2.45, 2.75) is 39.7 Å². The predicted octanol–water partition coefficient (Wildman–Crippen LogP) is 3.23. The van der Waals surface area contributed by atoms with Gasteiger partial charge in [-0.2, -0.15) is 5.10 Å². The molecule has 27 heavy (non-hydrogen) atoms. The minimum absolute atomic E-state index is 0.681. The number of rotatable bonds is 6. The Kier molecular flexibility index (Phi) is 5.23. The molecule has 3 aromatic rings. The Labute approximate surface area is 161 Å². The molecule has 0 radical (unpaired) electrons. The number of benzene rings is 1. The van der Waals surface area contributed by atoms with Gasteiger partial charge in [-0.05, 0) is 56.8 Å². The molecule has 1 aliphatic rings. The Bertz CT molecular complexity index is 930. The molecular weight excluding hydrogens is 334 g/mol. The number of nitrogens with zero attached hydrogens (tertiary/aromatic N) is 4. The monoisotopic (exact) mass is 363 g/mol. The Morgan fingerprint density at radius 1 is 1.19 bits per heavy atom. The van der Waals surface area contributed by atoms with E-state index in [0.717, 1.165) is 36.7 Å². The zero-order valence-corrected chi connectivity index (χ0v) is 16.6. The van der Waals surface area contributed by atoms with E-state index in [0.29, 0.717) is 5.92 Å². The van der Waals surface area contributed by atoms with Crippen LogP contribution in [0.4, 0.5) is 0 Å². The summed E-state index contributed by atoms with van der Waals surface area (Å²) >= 11 is 0. The molecule has 0 bridgehead atoms. The van der Waals surface area contributed by atoms with Crippen molar-refractivity contribution in [2.24, 2.45) is 0 Å². The van der Waals surface area contributed by atoms with Crippen LogP contribution in [0.25, 0.3) is 5.65 Å². The lowest BCUT2D eigenvalue weighted by Gasteiger charge is -2.17. The van der Waals surface area contributed by atoms with Gasteiger partial charge >= 0.3 is 0 Å². The maximum atomic E-state index is 4.65. The van der Waals surface area contributed by atoms with Gasteiger partial charge in [-0.1, -0.05) is 24.3 Å². The number of aryl methyl sites for hydroxylation is 3. The highest BCUT2D eigenvalue weighted by molar-refractivity contribution is 5.47. The molecule has 1 saturated heterocycles. The quantitative estimate of drug-likeness (QED) is 0.683. The van der Waals surface area contributed by atoms with Crippen LogP contribution in [0.1, 0.15) is 40.4 Å². The van der Waals surface area contributed by atoms with Gasteiger partial charge in [0.1, 0.15) is 0 Å². The zero-order chi connectivity index (χ0) is 18.8. The molecule has 1 fully saturated rings. The van der Waals surface area contributed by atoms with Crippen LogP contribution in [-0.4, -0.2) is 45.7 Å². The van der Waals surface area contributed by atoms with E-state index in [-0.39, 0.29) is 0 Å². The summed E-state index contributed by atoms with van der Waals surface area (Å²) in [5.74, 6) is 0.681. The summed E-state index contributed by atoms with van der Waals surface area (Å²) in [5.41, 5.74) is 7.26. The highest BCUT2D eigenvalue weighted by Crippen LogP contribution is 2.28. The van der Waals surface area contributed by atoms with E-state index in [1.54, 1.807) is 0 Å². The Morgan fingerprint density at radius 2 is 2.04 bits per heavy atom. The van der Waals surface area contributed by atoms with Gasteiger partial charge in [0.25, 0.3) is 0 Å². The first-order chi connectivity index (χ1) is 13.1. The van der Waals surface area contributed by atoms with Gasteiger partial charge in [0.2, 0.25) is 0 Å². The minimum atomic E-state index is 0.681. The second-order valence-corrected chi connectivity index (χ2v) is 7.76. The summed E-state index contributed by atoms with van der Waals surface area (Å²) < 4.78 is 1.93. The summed E-state index contributed by atoms with van der Waals surface area (Å²) in [7, 11) is 0. The molecule has 0 amide bonds. The summed E-state index contributed by atoms with van der Waals surface area (Å²) in [4.78, 5) is 7.23. The van der Waals surface area contributed by atoms with E-state index >= 15 is 0 Å². The second kappa shape index (κ2) is 7.79. The molecule has 1 unspecified atom stereocenters. The van der Waals surface area contributed by atoms with Gasteiger partial charge < -0.3 is 10.2 Å². The molecule has 2 aromatic heterocycles. The lowest BCUT2D eigenvalue weighted by atomic mass is 9.94. The molecular formula is C22H29N5. The fraction of sp³-hybridized carbons (Fsp3) is 0.455. The first kappa shape index (κ1) is 18.1. The Hall–Kier alpha value is -2.24. The predicted molar refractivity (Wildman–Crippen MR) is 109 cm³/mol. The normalized spacial score (nSPS) is 17.8. The molecule has 5 heteroatoms. The van der Waals surface area contributed by atoms with Crippen LogP contribution in [0.3, 0.4) is 0 Å². The molecule has 0 aliphatic carbocycles. The van der Waals surface area contributed by atoms with E-state index in [1.165, 1.54) is 36.2 Å². The van der Waals surface area contributed by atoms with Crippen molar-refractivity contribution in [3.8, 4) is 0 Å². The maximum absolute atomic E-state index is 4.65. The highest BCUT2D eigenvalue weighted by atomic mass is 15.3. The Morgan fingerprint density at radius 3 is 2.89 bits per heavy atom. The average molecular weight is 364 g/mol. The molecule has 1 atom stereocenters. The van der Waals surface area contributed by atoms with Crippen molar-refractivity contribution >= 4 is 5.65 Å². The van der Waals surface area contributed by atoms with Crippen LogP contribution in [-0.2, 0) is 6.54 Å². The van der Waals surface area contributed by atoms with E-state index in [4.69, 9.17) is 0 Å². The molecule has 1 N–H and O–H groups in total.